The standard InChI is InChI=1S/C31H45N3O7/c1-6-31(40)14-11-23-21-8-7-19-15-20(9-12-29(19,4)22(21)10-13-30(23,31)5)34-41-17-25(36)33-26(18(2)3)27(37)32-24(16-35)28(38)39/h1,15,18,21-24,26,35,40H,7-14,16-17H2,2-5H3,(H,32,37)(H,33,36)(H,38,39)/b34-20+/t21-,22-,23-,24-,26-,29+,30+,31-/m1/s1. The van der Waals surface area contributed by atoms with Crippen LogP contribution in [0.2, 0.25) is 0 Å². The van der Waals surface area contributed by atoms with Gasteiger partial charge in [0.1, 0.15) is 17.7 Å². The quantitative estimate of drug-likeness (QED) is 0.210. The fraction of sp³-hybridized carbons (Fsp3) is 0.742. The first-order valence-electron chi connectivity index (χ1n) is 14.8. The zero-order chi connectivity index (χ0) is 30.2. The molecule has 0 saturated heterocycles. The van der Waals surface area contributed by atoms with Gasteiger partial charge in [0.2, 0.25) is 5.91 Å². The third kappa shape index (κ3) is 5.63. The van der Waals surface area contributed by atoms with Crippen molar-refractivity contribution in [2.75, 3.05) is 13.2 Å². The minimum atomic E-state index is -1.45. The van der Waals surface area contributed by atoms with Gasteiger partial charge in [0, 0.05) is 5.41 Å². The molecular formula is C31H45N3O7. The second kappa shape index (κ2) is 11.8. The van der Waals surface area contributed by atoms with Gasteiger partial charge < -0.3 is 30.8 Å². The number of aliphatic hydroxyl groups excluding tert-OH is 1. The van der Waals surface area contributed by atoms with Crippen LogP contribution in [0.25, 0.3) is 0 Å². The monoisotopic (exact) mass is 571 g/mol. The lowest BCUT2D eigenvalue weighted by Gasteiger charge is -2.58. The van der Waals surface area contributed by atoms with Gasteiger partial charge in [-0.2, -0.15) is 0 Å². The van der Waals surface area contributed by atoms with Gasteiger partial charge in [-0.1, -0.05) is 44.3 Å². The average molecular weight is 572 g/mol. The van der Waals surface area contributed by atoms with Crippen LogP contribution in [0.3, 0.4) is 0 Å². The molecule has 0 heterocycles. The minimum absolute atomic E-state index is 0.0672. The van der Waals surface area contributed by atoms with Crippen LogP contribution in [-0.4, -0.2) is 69.7 Å². The molecule has 0 spiro atoms. The summed E-state index contributed by atoms with van der Waals surface area (Å²) >= 11 is 0. The molecule has 0 unspecified atom stereocenters. The Morgan fingerprint density at radius 3 is 2.46 bits per heavy atom. The van der Waals surface area contributed by atoms with E-state index in [1.807, 2.05) is 0 Å². The molecule has 5 N–H and O–H groups in total. The van der Waals surface area contributed by atoms with Gasteiger partial charge in [-0.15, -0.1) is 6.42 Å². The van der Waals surface area contributed by atoms with Crippen LogP contribution in [0.15, 0.2) is 16.8 Å². The highest BCUT2D eigenvalue weighted by Crippen LogP contribution is 2.67. The van der Waals surface area contributed by atoms with Crippen LogP contribution in [0, 0.1) is 46.8 Å². The van der Waals surface area contributed by atoms with Crippen LogP contribution < -0.4 is 10.6 Å². The summed E-state index contributed by atoms with van der Waals surface area (Å²) in [5, 5.41) is 38.5. The SMILES string of the molecule is C#C[C@@]1(O)CC[C@@H]2[C@@H]3CCC4=C/C(=N/OCC(=O)N[C@@H](C(=O)N[C@H](CO)C(=O)O)C(C)C)CC[C@]4(C)[C@@H]3CC[C@@]21C. The number of aliphatic hydroxyl groups is 2. The normalized spacial score (nSPS) is 36.6. The van der Waals surface area contributed by atoms with Crippen molar-refractivity contribution in [3.8, 4) is 12.3 Å². The number of rotatable bonds is 9. The van der Waals surface area contributed by atoms with Gasteiger partial charge in [-0.05, 0) is 86.5 Å². The van der Waals surface area contributed by atoms with Crippen molar-refractivity contribution < 1.29 is 34.5 Å². The van der Waals surface area contributed by atoms with Crippen molar-refractivity contribution in [1.82, 2.24) is 10.6 Å². The van der Waals surface area contributed by atoms with Gasteiger partial charge in [-0.3, -0.25) is 9.59 Å². The fourth-order valence-corrected chi connectivity index (χ4v) is 8.27. The number of allylic oxidation sites excluding steroid dienone is 2. The fourth-order valence-electron chi connectivity index (χ4n) is 8.27. The molecule has 226 valence electrons. The maximum Gasteiger partial charge on any atom is 0.328 e. The van der Waals surface area contributed by atoms with Gasteiger partial charge in [0.25, 0.3) is 5.91 Å². The summed E-state index contributed by atoms with van der Waals surface area (Å²) in [6.07, 6.45) is 15.3. The number of carbonyl (C=O) groups is 3. The summed E-state index contributed by atoms with van der Waals surface area (Å²) in [7, 11) is 0. The average Bonchev–Trinajstić information content (AvgIpc) is 3.20. The smallest absolute Gasteiger partial charge is 0.328 e. The van der Waals surface area contributed by atoms with Gasteiger partial charge in [0.05, 0.1) is 12.3 Å². The number of nitrogens with one attached hydrogen (secondary N) is 2. The summed E-state index contributed by atoms with van der Waals surface area (Å²) in [6, 6.07) is -2.44. The Bertz CT molecular complexity index is 1160. The van der Waals surface area contributed by atoms with E-state index in [-0.39, 0.29) is 23.4 Å². The molecule has 4 aliphatic rings. The molecule has 3 fully saturated rings. The van der Waals surface area contributed by atoms with E-state index in [4.69, 9.17) is 21.5 Å². The van der Waals surface area contributed by atoms with E-state index in [1.165, 1.54) is 5.57 Å². The molecule has 0 radical (unpaired) electrons. The Morgan fingerprint density at radius 2 is 1.83 bits per heavy atom. The number of carboxylic acid groups (broad SMARTS) is 1. The topological polar surface area (TPSA) is 158 Å². The summed E-state index contributed by atoms with van der Waals surface area (Å²) in [5.41, 5.74) is 1.01. The number of hydrogen-bond donors (Lipinski definition) is 5. The molecule has 0 aliphatic heterocycles. The Kier molecular flexibility index (Phi) is 8.91. The molecule has 4 aliphatic carbocycles. The summed E-state index contributed by atoms with van der Waals surface area (Å²) in [5.74, 6) is 1.33. The second-order valence-corrected chi connectivity index (χ2v) is 13.2. The zero-order valence-electron chi connectivity index (χ0n) is 24.6. The van der Waals surface area contributed by atoms with E-state index in [0.29, 0.717) is 24.2 Å². The lowest BCUT2D eigenvalue weighted by molar-refractivity contribution is -0.143. The summed E-state index contributed by atoms with van der Waals surface area (Å²) < 4.78 is 0. The van der Waals surface area contributed by atoms with Crippen molar-refractivity contribution in [2.45, 2.75) is 96.7 Å². The lowest BCUT2D eigenvalue weighted by Crippen LogP contribution is -2.55. The Morgan fingerprint density at radius 1 is 1.12 bits per heavy atom. The van der Waals surface area contributed by atoms with Crippen LogP contribution >= 0.6 is 0 Å². The maximum absolute atomic E-state index is 12.5. The highest BCUT2D eigenvalue weighted by Gasteiger charge is 2.63. The highest BCUT2D eigenvalue weighted by atomic mass is 16.6. The third-order valence-corrected chi connectivity index (χ3v) is 10.8. The molecule has 0 aromatic heterocycles. The summed E-state index contributed by atoms with van der Waals surface area (Å²) in [4.78, 5) is 41.5. The first kappa shape index (κ1) is 31.0. The molecule has 3 saturated carbocycles. The first-order chi connectivity index (χ1) is 19.3. The van der Waals surface area contributed by atoms with E-state index in [2.05, 4.69) is 41.6 Å². The van der Waals surface area contributed by atoms with Crippen molar-refractivity contribution in [3.05, 3.63) is 11.6 Å². The van der Waals surface area contributed by atoms with Crippen LogP contribution in [0.1, 0.15) is 79.1 Å². The minimum Gasteiger partial charge on any atom is -0.480 e. The Balaban J connectivity index is 1.36. The van der Waals surface area contributed by atoms with E-state index < -0.39 is 42.1 Å². The van der Waals surface area contributed by atoms with E-state index in [1.54, 1.807) is 13.8 Å². The molecule has 0 aromatic rings. The lowest BCUT2D eigenvalue weighted by atomic mass is 9.46. The van der Waals surface area contributed by atoms with E-state index in [0.717, 1.165) is 50.7 Å². The molecular weight excluding hydrogens is 526 g/mol. The van der Waals surface area contributed by atoms with Gasteiger partial charge in [-0.25, -0.2) is 4.79 Å². The number of carboxylic acids is 1. The van der Waals surface area contributed by atoms with E-state index >= 15 is 0 Å². The highest BCUT2D eigenvalue weighted by molar-refractivity contribution is 5.96. The van der Waals surface area contributed by atoms with Gasteiger partial charge in [0.15, 0.2) is 6.61 Å². The largest absolute Gasteiger partial charge is 0.480 e. The molecule has 10 heteroatoms. The molecule has 2 amide bonds. The predicted molar refractivity (Wildman–Crippen MR) is 152 cm³/mol. The maximum atomic E-state index is 12.5. The zero-order valence-corrected chi connectivity index (χ0v) is 24.6. The molecule has 0 aromatic carbocycles. The van der Waals surface area contributed by atoms with Gasteiger partial charge >= 0.3 is 5.97 Å². The number of fused-ring (bicyclic) bond motifs is 5. The number of aliphatic carboxylic acids is 1. The summed E-state index contributed by atoms with van der Waals surface area (Å²) in [6.45, 7) is 6.86. The van der Waals surface area contributed by atoms with Crippen LogP contribution in [0.4, 0.5) is 0 Å². The number of amides is 2. The molecule has 4 rings (SSSR count). The van der Waals surface area contributed by atoms with Crippen molar-refractivity contribution in [3.63, 3.8) is 0 Å². The number of carbonyl (C=O) groups excluding carboxylic acids is 2. The first-order valence-corrected chi connectivity index (χ1v) is 14.8. The number of terminal acetylenes is 1. The molecule has 41 heavy (non-hydrogen) atoms. The number of oxime groups is 1. The predicted octanol–water partition coefficient (Wildman–Crippen LogP) is 2.39. The third-order valence-electron chi connectivity index (χ3n) is 10.8. The van der Waals surface area contributed by atoms with E-state index in [9.17, 15) is 19.5 Å². The number of nitrogens with zero attached hydrogens (tertiary/aromatic N) is 1. The second-order valence-electron chi connectivity index (χ2n) is 13.2. The molecule has 0 bridgehead atoms. The van der Waals surface area contributed by atoms with Crippen molar-refractivity contribution in [2.24, 2.45) is 39.7 Å². The van der Waals surface area contributed by atoms with Crippen molar-refractivity contribution in [1.29, 1.82) is 0 Å². The number of hydrogen-bond acceptors (Lipinski definition) is 7. The van der Waals surface area contributed by atoms with Crippen LogP contribution in [0.5, 0.6) is 0 Å². The molecule has 10 nitrogen and oxygen atoms in total. The molecule has 8 atom stereocenters. The van der Waals surface area contributed by atoms with Crippen LogP contribution in [-0.2, 0) is 19.2 Å². The Hall–Kier alpha value is -2.90. The Labute approximate surface area is 242 Å². The van der Waals surface area contributed by atoms with Crippen molar-refractivity contribution >= 4 is 23.5 Å².